The van der Waals surface area contributed by atoms with Crippen molar-refractivity contribution in [1.29, 1.82) is 0 Å². The summed E-state index contributed by atoms with van der Waals surface area (Å²) in [6.07, 6.45) is 3.18. The maximum Gasteiger partial charge on any atom is 0.124 e. The van der Waals surface area contributed by atoms with E-state index in [-0.39, 0.29) is 11.6 Å². The van der Waals surface area contributed by atoms with Gasteiger partial charge in [0.1, 0.15) is 11.4 Å². The zero-order valence-electron chi connectivity index (χ0n) is 11.1. The second kappa shape index (κ2) is 4.69. The molecule has 1 aliphatic heterocycles. The van der Waals surface area contributed by atoms with Crippen LogP contribution >= 0.6 is 0 Å². The molecule has 0 radical (unpaired) electrons. The van der Waals surface area contributed by atoms with Crippen molar-refractivity contribution >= 4 is 0 Å². The van der Waals surface area contributed by atoms with Crippen LogP contribution in [0.3, 0.4) is 0 Å². The van der Waals surface area contributed by atoms with Gasteiger partial charge in [0.2, 0.25) is 0 Å². The van der Waals surface area contributed by atoms with Crippen molar-refractivity contribution in [2.45, 2.75) is 51.7 Å². The summed E-state index contributed by atoms with van der Waals surface area (Å²) in [5.41, 5.74) is 7.30. The average Bonchev–Trinajstić information content (AvgIpc) is 2.26. The van der Waals surface area contributed by atoms with Crippen LogP contribution in [0.1, 0.15) is 51.6 Å². The zero-order chi connectivity index (χ0) is 12.5. The predicted octanol–water partition coefficient (Wildman–Crippen LogP) is 3.66. The Labute approximate surface area is 104 Å². The molecule has 0 saturated carbocycles. The first-order valence-corrected chi connectivity index (χ1v) is 6.54. The second-order valence-corrected chi connectivity index (χ2v) is 5.83. The van der Waals surface area contributed by atoms with Gasteiger partial charge in [-0.15, -0.1) is 0 Å². The van der Waals surface area contributed by atoms with Crippen molar-refractivity contribution in [1.82, 2.24) is 0 Å². The molecule has 2 N–H and O–H groups in total. The summed E-state index contributed by atoms with van der Waals surface area (Å²) >= 11 is 0. The number of rotatable bonds is 3. The number of hydrogen-bond donors (Lipinski definition) is 1. The Kier molecular flexibility index (Phi) is 3.43. The zero-order valence-corrected chi connectivity index (χ0v) is 11.1. The predicted molar refractivity (Wildman–Crippen MR) is 71.1 cm³/mol. The molecular weight excluding hydrogens is 210 g/mol. The molecule has 2 rings (SSSR count). The first-order valence-electron chi connectivity index (χ1n) is 6.54. The quantitative estimate of drug-likeness (QED) is 0.864. The molecule has 0 bridgehead atoms. The van der Waals surface area contributed by atoms with E-state index in [1.54, 1.807) is 0 Å². The van der Waals surface area contributed by atoms with Gasteiger partial charge in [0.05, 0.1) is 0 Å². The first kappa shape index (κ1) is 12.4. The molecular formula is C15H23NO. The molecule has 1 heterocycles. The van der Waals surface area contributed by atoms with Gasteiger partial charge in [-0.25, -0.2) is 0 Å². The molecule has 0 aliphatic carbocycles. The molecule has 1 aromatic carbocycles. The normalized spacial score (nSPS) is 27.7. The van der Waals surface area contributed by atoms with Gasteiger partial charge >= 0.3 is 0 Å². The standard InChI is InChI=1S/C15H23NO/c1-11(2)8-9-15(3)10-13(16)12-6-4-5-7-14(12)17-15/h4-7,11,13H,8-10,16H2,1-3H3. The van der Waals surface area contributed by atoms with E-state index in [0.717, 1.165) is 24.2 Å². The summed E-state index contributed by atoms with van der Waals surface area (Å²) in [4.78, 5) is 0. The summed E-state index contributed by atoms with van der Waals surface area (Å²) < 4.78 is 6.16. The van der Waals surface area contributed by atoms with E-state index in [9.17, 15) is 0 Å². The van der Waals surface area contributed by atoms with Gasteiger partial charge in [-0.2, -0.15) is 0 Å². The van der Waals surface area contributed by atoms with E-state index < -0.39 is 0 Å². The van der Waals surface area contributed by atoms with Crippen LogP contribution in [0.15, 0.2) is 24.3 Å². The minimum Gasteiger partial charge on any atom is -0.487 e. The highest BCUT2D eigenvalue weighted by molar-refractivity contribution is 5.38. The molecule has 17 heavy (non-hydrogen) atoms. The summed E-state index contributed by atoms with van der Waals surface area (Å²) in [7, 11) is 0. The summed E-state index contributed by atoms with van der Waals surface area (Å²) in [5.74, 6) is 1.68. The van der Waals surface area contributed by atoms with Gasteiger partial charge in [0.25, 0.3) is 0 Å². The average molecular weight is 233 g/mol. The summed E-state index contributed by atoms with van der Waals surface area (Å²) in [5, 5.41) is 0. The SMILES string of the molecule is CC(C)CCC1(C)CC(N)c2ccccc2O1. The van der Waals surface area contributed by atoms with Crippen molar-refractivity contribution < 1.29 is 4.74 Å². The van der Waals surface area contributed by atoms with Crippen LogP contribution in [-0.2, 0) is 0 Å². The fourth-order valence-corrected chi connectivity index (χ4v) is 2.51. The van der Waals surface area contributed by atoms with Crippen molar-refractivity contribution in [2.24, 2.45) is 11.7 Å². The number of fused-ring (bicyclic) bond motifs is 1. The van der Waals surface area contributed by atoms with Crippen LogP contribution in [0.2, 0.25) is 0 Å². The Bertz CT molecular complexity index is 388. The molecule has 2 nitrogen and oxygen atoms in total. The van der Waals surface area contributed by atoms with E-state index in [1.807, 2.05) is 18.2 Å². The van der Waals surface area contributed by atoms with Gasteiger partial charge < -0.3 is 10.5 Å². The lowest BCUT2D eigenvalue weighted by atomic mass is 9.84. The van der Waals surface area contributed by atoms with E-state index >= 15 is 0 Å². The van der Waals surface area contributed by atoms with Gasteiger partial charge in [-0.1, -0.05) is 32.0 Å². The molecule has 2 atom stereocenters. The van der Waals surface area contributed by atoms with Crippen molar-refractivity contribution in [3.05, 3.63) is 29.8 Å². The molecule has 1 aliphatic rings. The highest BCUT2D eigenvalue weighted by Gasteiger charge is 2.35. The van der Waals surface area contributed by atoms with Crippen molar-refractivity contribution in [3.8, 4) is 5.75 Å². The van der Waals surface area contributed by atoms with Crippen LogP contribution in [-0.4, -0.2) is 5.60 Å². The topological polar surface area (TPSA) is 35.2 Å². The number of para-hydroxylation sites is 1. The van der Waals surface area contributed by atoms with Crippen LogP contribution < -0.4 is 10.5 Å². The first-order chi connectivity index (χ1) is 8.00. The smallest absolute Gasteiger partial charge is 0.124 e. The molecule has 0 aromatic heterocycles. The van der Waals surface area contributed by atoms with Crippen molar-refractivity contribution in [3.63, 3.8) is 0 Å². The largest absolute Gasteiger partial charge is 0.487 e. The van der Waals surface area contributed by atoms with Crippen molar-refractivity contribution in [2.75, 3.05) is 0 Å². The lowest BCUT2D eigenvalue weighted by Gasteiger charge is -2.39. The highest BCUT2D eigenvalue weighted by atomic mass is 16.5. The molecule has 0 spiro atoms. The van der Waals surface area contributed by atoms with Gasteiger partial charge in [-0.05, 0) is 31.7 Å². The third-order valence-electron chi connectivity index (χ3n) is 3.58. The Hall–Kier alpha value is -1.02. The minimum absolute atomic E-state index is 0.0992. The Morgan fingerprint density at radius 3 is 2.82 bits per heavy atom. The summed E-state index contributed by atoms with van der Waals surface area (Å²) in [6, 6.07) is 8.25. The number of nitrogens with two attached hydrogens (primary N) is 1. The van der Waals surface area contributed by atoms with E-state index in [2.05, 4.69) is 26.8 Å². The highest BCUT2D eigenvalue weighted by Crippen LogP contribution is 2.40. The third-order valence-corrected chi connectivity index (χ3v) is 3.58. The van der Waals surface area contributed by atoms with Crippen LogP contribution in [0.4, 0.5) is 0 Å². The van der Waals surface area contributed by atoms with Crippen LogP contribution in [0.25, 0.3) is 0 Å². The maximum atomic E-state index is 6.25. The minimum atomic E-state index is -0.0992. The Balaban J connectivity index is 2.15. The lowest BCUT2D eigenvalue weighted by molar-refractivity contribution is 0.0405. The van der Waals surface area contributed by atoms with E-state index in [0.29, 0.717) is 5.92 Å². The summed E-state index contributed by atoms with van der Waals surface area (Å²) in [6.45, 7) is 6.69. The molecule has 2 heteroatoms. The molecule has 0 fully saturated rings. The van der Waals surface area contributed by atoms with Crippen LogP contribution in [0.5, 0.6) is 5.75 Å². The Morgan fingerprint density at radius 2 is 2.12 bits per heavy atom. The molecule has 0 saturated heterocycles. The molecule has 0 amide bonds. The number of ether oxygens (including phenoxy) is 1. The number of benzene rings is 1. The van der Waals surface area contributed by atoms with Gasteiger partial charge in [0, 0.05) is 18.0 Å². The monoisotopic (exact) mass is 233 g/mol. The second-order valence-electron chi connectivity index (χ2n) is 5.83. The number of hydrogen-bond acceptors (Lipinski definition) is 2. The fraction of sp³-hybridized carbons (Fsp3) is 0.600. The van der Waals surface area contributed by atoms with E-state index in [1.165, 1.54) is 6.42 Å². The molecule has 94 valence electrons. The maximum absolute atomic E-state index is 6.25. The third kappa shape index (κ3) is 2.81. The Morgan fingerprint density at radius 1 is 1.41 bits per heavy atom. The lowest BCUT2D eigenvalue weighted by Crippen LogP contribution is -2.40. The van der Waals surface area contributed by atoms with Crippen LogP contribution in [0, 0.1) is 5.92 Å². The van der Waals surface area contributed by atoms with Gasteiger partial charge in [0.15, 0.2) is 0 Å². The fourth-order valence-electron chi connectivity index (χ4n) is 2.51. The molecule has 1 aromatic rings. The van der Waals surface area contributed by atoms with Gasteiger partial charge in [-0.3, -0.25) is 0 Å². The molecule has 2 unspecified atom stereocenters. The van der Waals surface area contributed by atoms with E-state index in [4.69, 9.17) is 10.5 Å².